The molecule has 0 unspecified atom stereocenters. The Morgan fingerprint density at radius 1 is 1.26 bits per heavy atom. The van der Waals surface area contributed by atoms with Crippen LogP contribution in [0, 0.1) is 5.92 Å². The van der Waals surface area contributed by atoms with Gasteiger partial charge in [-0.25, -0.2) is 0 Å². The van der Waals surface area contributed by atoms with Crippen molar-refractivity contribution in [2.24, 2.45) is 5.92 Å². The molecular formula is C16H23BrN2. The fraction of sp³-hybridized carbons (Fsp3) is 0.625. The largest absolute Gasteiger partial charge is 0.373 e. The van der Waals surface area contributed by atoms with E-state index in [1.165, 1.54) is 54.4 Å². The SMILES string of the molecule is CN(CC1CCC1)c1ccc(CNC2CC2)cc1Br. The van der Waals surface area contributed by atoms with Gasteiger partial charge in [0.25, 0.3) is 0 Å². The van der Waals surface area contributed by atoms with Gasteiger partial charge in [0, 0.05) is 30.7 Å². The topological polar surface area (TPSA) is 15.3 Å². The molecule has 19 heavy (non-hydrogen) atoms. The van der Waals surface area contributed by atoms with Gasteiger partial charge < -0.3 is 10.2 Å². The maximum atomic E-state index is 3.73. The highest BCUT2D eigenvalue weighted by molar-refractivity contribution is 9.10. The Hall–Kier alpha value is -0.540. The van der Waals surface area contributed by atoms with Crippen molar-refractivity contribution in [1.82, 2.24) is 5.32 Å². The molecule has 1 aromatic carbocycles. The van der Waals surface area contributed by atoms with Gasteiger partial charge >= 0.3 is 0 Å². The van der Waals surface area contributed by atoms with Crippen LogP contribution in [0.3, 0.4) is 0 Å². The minimum Gasteiger partial charge on any atom is -0.373 e. The summed E-state index contributed by atoms with van der Waals surface area (Å²) in [5.41, 5.74) is 2.70. The molecule has 0 bridgehead atoms. The maximum absolute atomic E-state index is 3.73. The standard InChI is InChI=1S/C16H23BrN2/c1-19(11-12-3-2-4-12)16-8-5-13(9-15(16)17)10-18-14-6-7-14/h5,8-9,12,14,18H,2-4,6-7,10-11H2,1H3. The zero-order chi connectivity index (χ0) is 13.2. The van der Waals surface area contributed by atoms with Gasteiger partial charge in [-0.15, -0.1) is 0 Å². The molecule has 0 spiro atoms. The van der Waals surface area contributed by atoms with Crippen molar-refractivity contribution < 1.29 is 0 Å². The highest BCUT2D eigenvalue weighted by atomic mass is 79.9. The molecule has 3 heteroatoms. The fourth-order valence-electron chi connectivity index (χ4n) is 2.68. The van der Waals surface area contributed by atoms with Crippen LogP contribution >= 0.6 is 15.9 Å². The predicted molar refractivity (Wildman–Crippen MR) is 84.6 cm³/mol. The smallest absolute Gasteiger partial charge is 0.0508 e. The first-order valence-corrected chi connectivity index (χ1v) is 8.24. The summed E-state index contributed by atoms with van der Waals surface area (Å²) in [4.78, 5) is 2.39. The van der Waals surface area contributed by atoms with Gasteiger partial charge in [0.15, 0.2) is 0 Å². The van der Waals surface area contributed by atoms with Crippen molar-refractivity contribution in [3.8, 4) is 0 Å². The van der Waals surface area contributed by atoms with Crippen molar-refractivity contribution in [2.45, 2.75) is 44.7 Å². The number of anilines is 1. The van der Waals surface area contributed by atoms with Crippen LogP contribution in [0.2, 0.25) is 0 Å². The summed E-state index contributed by atoms with van der Waals surface area (Å²) in [6.07, 6.45) is 6.94. The van der Waals surface area contributed by atoms with E-state index >= 15 is 0 Å². The van der Waals surface area contributed by atoms with E-state index in [0.29, 0.717) is 0 Å². The highest BCUT2D eigenvalue weighted by Gasteiger charge is 2.21. The van der Waals surface area contributed by atoms with Gasteiger partial charge in [0.05, 0.1) is 5.69 Å². The number of rotatable bonds is 6. The lowest BCUT2D eigenvalue weighted by Crippen LogP contribution is -2.29. The molecule has 3 rings (SSSR count). The number of halogens is 1. The third-order valence-corrected chi connectivity index (χ3v) is 4.99. The van der Waals surface area contributed by atoms with Crippen LogP contribution in [0.1, 0.15) is 37.7 Å². The van der Waals surface area contributed by atoms with Crippen molar-refractivity contribution in [2.75, 3.05) is 18.5 Å². The summed E-state index contributed by atoms with van der Waals surface area (Å²) in [7, 11) is 2.21. The third-order valence-electron chi connectivity index (χ3n) is 4.35. The van der Waals surface area contributed by atoms with E-state index in [0.717, 1.165) is 18.5 Å². The minimum atomic E-state index is 0.778. The van der Waals surface area contributed by atoms with Crippen LogP contribution in [-0.4, -0.2) is 19.6 Å². The van der Waals surface area contributed by atoms with Crippen molar-refractivity contribution in [1.29, 1.82) is 0 Å². The average molecular weight is 323 g/mol. The van der Waals surface area contributed by atoms with E-state index in [1.54, 1.807) is 0 Å². The third kappa shape index (κ3) is 3.51. The Morgan fingerprint density at radius 2 is 2.05 bits per heavy atom. The summed E-state index contributed by atoms with van der Waals surface area (Å²) >= 11 is 3.73. The van der Waals surface area contributed by atoms with Gasteiger partial charge in [-0.05, 0) is 65.2 Å². The van der Waals surface area contributed by atoms with Crippen molar-refractivity contribution in [3.05, 3.63) is 28.2 Å². The van der Waals surface area contributed by atoms with Gasteiger partial charge in [0.2, 0.25) is 0 Å². The van der Waals surface area contributed by atoms with Crippen LogP contribution in [0.4, 0.5) is 5.69 Å². The summed E-state index contributed by atoms with van der Waals surface area (Å²) < 4.78 is 1.23. The van der Waals surface area contributed by atoms with Crippen molar-refractivity contribution in [3.63, 3.8) is 0 Å². The second kappa shape index (κ2) is 5.84. The van der Waals surface area contributed by atoms with E-state index in [-0.39, 0.29) is 0 Å². The molecule has 0 amide bonds. The second-order valence-corrected chi connectivity index (χ2v) is 6.97. The molecule has 0 heterocycles. The molecule has 0 aromatic heterocycles. The van der Waals surface area contributed by atoms with Crippen LogP contribution in [-0.2, 0) is 6.54 Å². The van der Waals surface area contributed by atoms with Crippen molar-refractivity contribution >= 4 is 21.6 Å². The van der Waals surface area contributed by atoms with Crippen LogP contribution < -0.4 is 10.2 Å². The Morgan fingerprint density at radius 3 is 2.63 bits per heavy atom. The lowest BCUT2D eigenvalue weighted by Gasteiger charge is -2.31. The molecule has 104 valence electrons. The number of benzene rings is 1. The molecule has 2 aliphatic carbocycles. The van der Waals surface area contributed by atoms with Crippen LogP contribution in [0.15, 0.2) is 22.7 Å². The van der Waals surface area contributed by atoms with E-state index in [9.17, 15) is 0 Å². The zero-order valence-corrected chi connectivity index (χ0v) is 13.2. The lowest BCUT2D eigenvalue weighted by atomic mass is 9.85. The number of hydrogen-bond donors (Lipinski definition) is 1. The Kier molecular flexibility index (Phi) is 4.13. The molecular weight excluding hydrogens is 300 g/mol. The molecule has 0 saturated heterocycles. The summed E-state index contributed by atoms with van der Waals surface area (Å²) in [5.74, 6) is 0.910. The summed E-state index contributed by atoms with van der Waals surface area (Å²) in [6, 6.07) is 7.56. The monoisotopic (exact) mass is 322 g/mol. The van der Waals surface area contributed by atoms with E-state index in [1.807, 2.05) is 0 Å². The average Bonchev–Trinajstić information content (AvgIpc) is 3.15. The Labute approximate surface area is 124 Å². The number of nitrogens with zero attached hydrogens (tertiary/aromatic N) is 1. The highest BCUT2D eigenvalue weighted by Crippen LogP contribution is 2.32. The first kappa shape index (κ1) is 13.4. The number of nitrogens with one attached hydrogen (secondary N) is 1. The zero-order valence-electron chi connectivity index (χ0n) is 11.7. The molecule has 2 nitrogen and oxygen atoms in total. The Balaban J connectivity index is 1.60. The van der Waals surface area contributed by atoms with E-state index in [4.69, 9.17) is 0 Å². The van der Waals surface area contributed by atoms with Gasteiger partial charge in [-0.3, -0.25) is 0 Å². The van der Waals surface area contributed by atoms with Crippen LogP contribution in [0.25, 0.3) is 0 Å². The summed E-state index contributed by atoms with van der Waals surface area (Å²) in [6.45, 7) is 2.19. The molecule has 0 atom stereocenters. The fourth-order valence-corrected chi connectivity index (χ4v) is 3.41. The number of hydrogen-bond acceptors (Lipinski definition) is 2. The molecule has 2 fully saturated rings. The molecule has 2 aliphatic rings. The van der Waals surface area contributed by atoms with Crippen LogP contribution in [0.5, 0.6) is 0 Å². The quantitative estimate of drug-likeness (QED) is 0.853. The normalized spacial score (nSPS) is 19.3. The van der Waals surface area contributed by atoms with E-state index in [2.05, 4.69) is 51.4 Å². The minimum absolute atomic E-state index is 0.778. The summed E-state index contributed by atoms with van der Waals surface area (Å²) in [5, 5.41) is 3.56. The van der Waals surface area contributed by atoms with E-state index < -0.39 is 0 Å². The van der Waals surface area contributed by atoms with Gasteiger partial charge in [0.1, 0.15) is 0 Å². The second-order valence-electron chi connectivity index (χ2n) is 6.12. The Bertz CT molecular complexity index is 438. The van der Waals surface area contributed by atoms with Gasteiger partial charge in [-0.2, -0.15) is 0 Å². The first-order chi connectivity index (χ1) is 9.22. The molecule has 0 aliphatic heterocycles. The lowest BCUT2D eigenvalue weighted by molar-refractivity contribution is 0.321. The van der Waals surface area contributed by atoms with Gasteiger partial charge in [-0.1, -0.05) is 12.5 Å². The molecule has 1 aromatic rings. The maximum Gasteiger partial charge on any atom is 0.0508 e. The molecule has 1 N–H and O–H groups in total. The molecule has 2 saturated carbocycles. The first-order valence-electron chi connectivity index (χ1n) is 7.45. The predicted octanol–water partition coefficient (Wildman–Crippen LogP) is 3.94. The molecule has 0 radical (unpaired) electrons.